The maximum absolute atomic E-state index is 13.5. The first-order chi connectivity index (χ1) is 29.6. The molecule has 2 amide bonds. The predicted octanol–water partition coefficient (Wildman–Crippen LogP) is 2.69. The number of aliphatic hydroxyl groups excluding tert-OH is 2. The molecular weight excluding hydrogens is 801 g/mol. The number of rotatable bonds is 12. The summed E-state index contributed by atoms with van der Waals surface area (Å²) in [6, 6.07) is 17.7. The number of carbonyl (C=O) groups is 2. The normalized spacial score (nSPS) is 23.3. The number of aromatic hydroxyl groups is 1. The van der Waals surface area contributed by atoms with Crippen LogP contribution in [0, 0.1) is 6.92 Å². The SMILES string of the molecule is Cc1ncsc1-c1ccc([C@H](C)NC(=O)[C@@H]2C[C@@H](O)CN2C(=O)Cc2cc(OCCN3CC(O)C(N4CCN5c6cc(-c7ccccc7O)nnc6NC[C@H]5C4)C3)no2)cc1. The van der Waals surface area contributed by atoms with E-state index in [-0.39, 0.29) is 61.0 Å². The van der Waals surface area contributed by atoms with E-state index in [4.69, 9.17) is 9.26 Å². The number of hydrogen-bond donors (Lipinski definition) is 5. The fourth-order valence-electron chi connectivity index (χ4n) is 9.03. The van der Waals surface area contributed by atoms with Crippen molar-refractivity contribution in [1.82, 2.24) is 40.4 Å². The summed E-state index contributed by atoms with van der Waals surface area (Å²) < 4.78 is 11.3. The van der Waals surface area contributed by atoms with E-state index < -0.39 is 18.2 Å². The quantitative estimate of drug-likeness (QED) is 0.122. The summed E-state index contributed by atoms with van der Waals surface area (Å²) >= 11 is 1.58. The Morgan fingerprint density at radius 3 is 2.69 bits per heavy atom. The van der Waals surface area contributed by atoms with Gasteiger partial charge in [-0.1, -0.05) is 36.4 Å². The summed E-state index contributed by atoms with van der Waals surface area (Å²) in [5.74, 6) is 0.750. The Hall–Kier alpha value is -5.66. The van der Waals surface area contributed by atoms with Crippen LogP contribution >= 0.6 is 11.3 Å². The van der Waals surface area contributed by atoms with Crippen molar-refractivity contribution in [1.29, 1.82) is 0 Å². The summed E-state index contributed by atoms with van der Waals surface area (Å²) in [7, 11) is 0. The number of nitrogens with zero attached hydrogens (tertiary/aromatic N) is 8. The molecule has 7 heterocycles. The predicted molar refractivity (Wildman–Crippen MR) is 227 cm³/mol. The summed E-state index contributed by atoms with van der Waals surface area (Å²) in [5, 5.41) is 51.3. The Morgan fingerprint density at radius 1 is 1.05 bits per heavy atom. The number of β-amino-alcohol motifs (C(OH)–C–C–N with tert-alkyl or cyclic N) is 2. The Balaban J connectivity index is 0.733. The number of aryl methyl sites for hydroxylation is 1. The van der Waals surface area contributed by atoms with Gasteiger partial charge in [0.15, 0.2) is 5.82 Å². The molecule has 0 saturated carbocycles. The maximum Gasteiger partial charge on any atom is 0.254 e. The molecule has 0 aliphatic carbocycles. The van der Waals surface area contributed by atoms with Crippen LogP contribution in [-0.4, -0.2) is 151 Å². The molecule has 61 heavy (non-hydrogen) atoms. The molecule has 0 radical (unpaired) electrons. The molecule has 2 aromatic carbocycles. The molecule has 18 heteroatoms. The van der Waals surface area contributed by atoms with E-state index in [0.29, 0.717) is 49.8 Å². The number of likely N-dealkylation sites (tertiary alicyclic amines) is 2. The second-order valence-electron chi connectivity index (χ2n) is 16.3. The van der Waals surface area contributed by atoms with E-state index in [1.54, 1.807) is 29.5 Å². The molecule has 3 saturated heterocycles. The topological polar surface area (TPSA) is 206 Å². The number of phenols is 1. The first-order valence-corrected chi connectivity index (χ1v) is 21.6. The van der Waals surface area contributed by atoms with Gasteiger partial charge >= 0.3 is 0 Å². The van der Waals surface area contributed by atoms with Crippen molar-refractivity contribution in [2.24, 2.45) is 0 Å². The van der Waals surface area contributed by atoms with Gasteiger partial charge in [-0.3, -0.25) is 19.4 Å². The van der Waals surface area contributed by atoms with E-state index in [0.717, 1.165) is 52.8 Å². The number of thiazole rings is 1. The average molecular weight is 851 g/mol. The number of benzene rings is 2. The third kappa shape index (κ3) is 8.63. The van der Waals surface area contributed by atoms with Crippen LogP contribution < -0.4 is 20.3 Å². The summed E-state index contributed by atoms with van der Waals surface area (Å²) in [4.78, 5) is 40.6. The van der Waals surface area contributed by atoms with Gasteiger partial charge in [-0.2, -0.15) is 0 Å². The molecular formula is C43H50N10O7S. The van der Waals surface area contributed by atoms with E-state index in [1.807, 2.05) is 61.8 Å². The number of phenolic OH excluding ortho intramolecular Hbond substituents is 1. The van der Waals surface area contributed by atoms with Gasteiger partial charge in [0.25, 0.3) is 5.88 Å². The molecule has 4 aliphatic heterocycles. The Labute approximate surface area is 356 Å². The van der Waals surface area contributed by atoms with Crippen molar-refractivity contribution in [2.45, 2.75) is 63.1 Å². The van der Waals surface area contributed by atoms with Crippen LogP contribution in [0.3, 0.4) is 0 Å². The van der Waals surface area contributed by atoms with E-state index >= 15 is 0 Å². The van der Waals surface area contributed by atoms with Crippen LogP contribution in [0.25, 0.3) is 21.7 Å². The highest BCUT2D eigenvalue weighted by atomic mass is 32.1. The van der Waals surface area contributed by atoms with Crippen LogP contribution in [0.4, 0.5) is 11.5 Å². The van der Waals surface area contributed by atoms with E-state index in [2.05, 4.69) is 45.7 Å². The molecule has 5 aromatic rings. The molecule has 17 nitrogen and oxygen atoms in total. The largest absolute Gasteiger partial charge is 0.507 e. The minimum Gasteiger partial charge on any atom is -0.507 e. The third-order valence-corrected chi connectivity index (χ3v) is 13.3. The number of nitrogens with one attached hydrogen (secondary N) is 2. The van der Waals surface area contributed by atoms with E-state index in [9.17, 15) is 24.9 Å². The molecule has 2 unspecified atom stereocenters. The lowest BCUT2D eigenvalue weighted by Gasteiger charge is -2.47. The smallest absolute Gasteiger partial charge is 0.254 e. The van der Waals surface area contributed by atoms with Crippen LogP contribution in [-0.2, 0) is 16.0 Å². The van der Waals surface area contributed by atoms with Gasteiger partial charge in [0.2, 0.25) is 11.8 Å². The maximum atomic E-state index is 13.5. The number of hydrogen-bond acceptors (Lipinski definition) is 16. The Morgan fingerprint density at radius 2 is 1.89 bits per heavy atom. The Bertz CT molecular complexity index is 2360. The van der Waals surface area contributed by atoms with Crippen molar-refractivity contribution in [3.05, 3.63) is 83.2 Å². The van der Waals surface area contributed by atoms with Gasteiger partial charge in [-0.25, -0.2) is 4.98 Å². The zero-order chi connectivity index (χ0) is 42.2. The monoisotopic (exact) mass is 850 g/mol. The van der Waals surface area contributed by atoms with Crippen LogP contribution in [0.5, 0.6) is 11.6 Å². The first kappa shape index (κ1) is 40.7. The van der Waals surface area contributed by atoms with Gasteiger partial charge < -0.3 is 45.0 Å². The van der Waals surface area contributed by atoms with Crippen LogP contribution in [0.2, 0.25) is 0 Å². The minimum atomic E-state index is -0.818. The first-order valence-electron chi connectivity index (χ1n) is 20.8. The highest BCUT2D eigenvalue weighted by Crippen LogP contribution is 2.37. The minimum absolute atomic E-state index is 0.0238. The molecule has 320 valence electrons. The number of aromatic nitrogens is 4. The van der Waals surface area contributed by atoms with Crippen molar-refractivity contribution < 1.29 is 34.2 Å². The number of aliphatic hydroxyl groups is 2. The summed E-state index contributed by atoms with van der Waals surface area (Å²) in [6.07, 6.45) is -1.32. The van der Waals surface area contributed by atoms with E-state index in [1.165, 1.54) is 4.90 Å². The third-order valence-electron chi connectivity index (χ3n) is 12.3. The number of para-hydroxylation sites is 1. The van der Waals surface area contributed by atoms with Crippen molar-refractivity contribution >= 4 is 34.7 Å². The molecule has 9 rings (SSSR count). The summed E-state index contributed by atoms with van der Waals surface area (Å²) in [5.41, 5.74) is 7.00. The molecule has 5 N–H and O–H groups in total. The van der Waals surface area contributed by atoms with Crippen molar-refractivity contribution in [3.8, 4) is 33.3 Å². The molecule has 4 aliphatic rings. The van der Waals surface area contributed by atoms with Gasteiger partial charge in [-0.15, -0.1) is 21.5 Å². The molecule has 6 atom stereocenters. The lowest BCUT2D eigenvalue weighted by Crippen LogP contribution is -2.61. The number of anilines is 2. The van der Waals surface area contributed by atoms with Gasteiger partial charge in [0.05, 0.1) is 58.2 Å². The highest BCUT2D eigenvalue weighted by Gasteiger charge is 2.42. The standard InChI is InChI=1S/C43H50N10O7S/c1-25(27-7-9-28(10-8-27)41-26(2)45-24-61-41)46-43(58)35-15-30(54)21-53(35)40(57)17-31-16-39(49-60-31)59-14-13-50-22-36(38(56)23-50)51-11-12-52-29(20-51)19-44-42-34(52)18-33(47-48-42)32-5-3-4-6-37(32)55/h3-10,16,18,24-25,29-30,35-36,38,54-56H,11-15,17,19-23H2,1-2H3,(H,44,48)(H,46,58)/t25-,29-,30+,35-,36?,38?/m0/s1. The molecule has 0 bridgehead atoms. The van der Waals surface area contributed by atoms with Gasteiger partial charge in [0, 0.05) is 76.5 Å². The number of ether oxygens (including phenoxy) is 1. The molecule has 0 spiro atoms. The second kappa shape index (κ2) is 17.4. The highest BCUT2D eigenvalue weighted by molar-refractivity contribution is 7.13. The molecule has 3 aromatic heterocycles. The lowest BCUT2D eigenvalue weighted by atomic mass is 10.0. The fourth-order valence-corrected chi connectivity index (χ4v) is 9.84. The van der Waals surface area contributed by atoms with Crippen molar-refractivity contribution in [3.63, 3.8) is 0 Å². The lowest BCUT2D eigenvalue weighted by molar-refractivity contribution is -0.138. The number of amides is 2. The van der Waals surface area contributed by atoms with Gasteiger partial charge in [-0.05, 0) is 48.3 Å². The number of piperazine rings is 1. The number of carbonyl (C=O) groups excluding carboxylic acids is 2. The molecule has 3 fully saturated rings. The zero-order valence-electron chi connectivity index (χ0n) is 34.1. The average Bonchev–Trinajstić information content (AvgIpc) is 4.08. The van der Waals surface area contributed by atoms with Crippen LogP contribution in [0.1, 0.15) is 36.4 Å². The zero-order valence-corrected chi connectivity index (χ0v) is 34.9. The van der Waals surface area contributed by atoms with Gasteiger partial charge in [0.1, 0.15) is 24.2 Å². The van der Waals surface area contributed by atoms with Crippen molar-refractivity contribution in [2.75, 3.05) is 69.2 Å². The second-order valence-corrected chi connectivity index (χ2v) is 17.2. The fraction of sp³-hybridized carbons (Fsp3) is 0.442. The summed E-state index contributed by atoms with van der Waals surface area (Å²) in [6.45, 7) is 9.04. The van der Waals surface area contributed by atoms with Crippen LogP contribution in [0.15, 0.2) is 70.7 Å². The Kier molecular flexibility index (Phi) is 11.6. The number of fused-ring (bicyclic) bond motifs is 3.